The summed E-state index contributed by atoms with van der Waals surface area (Å²) in [5, 5.41) is 0. The lowest BCUT2D eigenvalue weighted by molar-refractivity contribution is 0.0600. The second-order valence-electron chi connectivity index (χ2n) is 4.05. The van der Waals surface area contributed by atoms with E-state index in [1.54, 1.807) is 29.2 Å². The topological polar surface area (TPSA) is 55.8 Å². The van der Waals surface area contributed by atoms with E-state index >= 15 is 0 Å². The number of amides is 1. The third-order valence-corrected chi connectivity index (χ3v) is 3.00. The summed E-state index contributed by atoms with van der Waals surface area (Å²) in [6, 6.07) is 6.78. The number of hydrogen-bond donors (Lipinski definition) is 0. The Bertz CT molecular complexity index is 455. The van der Waals surface area contributed by atoms with Gasteiger partial charge in [0.1, 0.15) is 6.61 Å². The van der Waals surface area contributed by atoms with Gasteiger partial charge in [-0.2, -0.15) is 0 Å². The summed E-state index contributed by atoms with van der Waals surface area (Å²) in [5.41, 5.74) is 1.19. The largest absolute Gasteiger partial charge is 0.465 e. The molecule has 0 saturated carbocycles. The minimum Gasteiger partial charge on any atom is -0.465 e. The fourth-order valence-corrected chi connectivity index (χ4v) is 1.95. The van der Waals surface area contributed by atoms with E-state index in [4.69, 9.17) is 4.74 Å². The van der Waals surface area contributed by atoms with Gasteiger partial charge in [-0.1, -0.05) is 6.92 Å². The van der Waals surface area contributed by atoms with E-state index in [0.29, 0.717) is 12.2 Å². The van der Waals surface area contributed by atoms with Crippen LogP contribution in [-0.2, 0) is 9.47 Å². The Labute approximate surface area is 105 Å². The minimum absolute atomic E-state index is 0.0569. The van der Waals surface area contributed by atoms with E-state index < -0.39 is 5.97 Å². The summed E-state index contributed by atoms with van der Waals surface area (Å²) in [4.78, 5) is 24.5. The van der Waals surface area contributed by atoms with E-state index in [0.717, 1.165) is 12.1 Å². The molecule has 1 fully saturated rings. The van der Waals surface area contributed by atoms with Crippen LogP contribution in [0.2, 0.25) is 0 Å². The Morgan fingerprint density at radius 1 is 1.44 bits per heavy atom. The molecule has 0 aromatic heterocycles. The molecule has 1 atom stereocenters. The second-order valence-corrected chi connectivity index (χ2v) is 4.05. The lowest BCUT2D eigenvalue weighted by atomic mass is 10.1. The van der Waals surface area contributed by atoms with E-state index in [-0.39, 0.29) is 12.1 Å². The number of anilines is 1. The van der Waals surface area contributed by atoms with Crippen LogP contribution in [0.3, 0.4) is 0 Å². The average molecular weight is 249 g/mol. The Hall–Kier alpha value is -2.04. The van der Waals surface area contributed by atoms with Crippen LogP contribution in [0, 0.1) is 0 Å². The van der Waals surface area contributed by atoms with Gasteiger partial charge in [0.2, 0.25) is 0 Å². The van der Waals surface area contributed by atoms with Crippen LogP contribution < -0.4 is 4.90 Å². The lowest BCUT2D eigenvalue weighted by Crippen LogP contribution is -2.32. The molecule has 1 aliphatic rings. The Balaban J connectivity index is 2.23. The van der Waals surface area contributed by atoms with Gasteiger partial charge in [0.15, 0.2) is 0 Å². The molecule has 0 radical (unpaired) electrons. The fourth-order valence-electron chi connectivity index (χ4n) is 1.95. The summed E-state index contributed by atoms with van der Waals surface area (Å²) < 4.78 is 9.64. The van der Waals surface area contributed by atoms with Crippen molar-refractivity contribution < 1.29 is 19.1 Å². The van der Waals surface area contributed by atoms with Crippen LogP contribution >= 0.6 is 0 Å². The molecule has 18 heavy (non-hydrogen) atoms. The molecule has 0 bridgehead atoms. The standard InChI is InChI=1S/C13H15NO4/c1-3-10-8-18-13(16)14(10)11-6-4-9(5-7-11)12(15)17-2/h4-7,10H,3,8H2,1-2H3/t10-/m0/s1. The molecular formula is C13H15NO4. The number of cyclic esters (lactones) is 1. The van der Waals surface area contributed by atoms with Crippen molar-refractivity contribution in [1.82, 2.24) is 0 Å². The van der Waals surface area contributed by atoms with Gasteiger partial charge in [0, 0.05) is 5.69 Å². The van der Waals surface area contributed by atoms with Gasteiger partial charge >= 0.3 is 12.1 Å². The first-order valence-corrected chi connectivity index (χ1v) is 5.81. The van der Waals surface area contributed by atoms with Crippen LogP contribution in [-0.4, -0.2) is 31.8 Å². The quantitative estimate of drug-likeness (QED) is 0.771. The summed E-state index contributed by atoms with van der Waals surface area (Å²) in [5.74, 6) is -0.391. The molecule has 0 spiro atoms. The Kier molecular flexibility index (Phi) is 3.50. The molecule has 5 heteroatoms. The van der Waals surface area contributed by atoms with E-state index in [2.05, 4.69) is 4.74 Å². The molecule has 1 aromatic rings. The number of nitrogens with zero attached hydrogens (tertiary/aromatic N) is 1. The van der Waals surface area contributed by atoms with Crippen LogP contribution in [0.5, 0.6) is 0 Å². The van der Waals surface area contributed by atoms with Gasteiger partial charge in [-0.25, -0.2) is 9.59 Å². The SMILES string of the molecule is CC[C@H]1COC(=O)N1c1ccc(C(=O)OC)cc1. The third-order valence-electron chi connectivity index (χ3n) is 3.00. The summed E-state index contributed by atoms with van der Waals surface area (Å²) in [6.07, 6.45) is 0.484. The minimum atomic E-state index is -0.391. The van der Waals surface area contributed by atoms with E-state index in [9.17, 15) is 9.59 Å². The summed E-state index contributed by atoms with van der Waals surface area (Å²) >= 11 is 0. The molecule has 1 aliphatic heterocycles. The van der Waals surface area contributed by atoms with Crippen molar-refractivity contribution in [2.24, 2.45) is 0 Å². The fraction of sp³-hybridized carbons (Fsp3) is 0.385. The van der Waals surface area contributed by atoms with Crippen molar-refractivity contribution in [3.05, 3.63) is 29.8 Å². The second kappa shape index (κ2) is 5.08. The molecule has 1 heterocycles. The number of rotatable bonds is 3. The zero-order chi connectivity index (χ0) is 13.1. The van der Waals surface area contributed by atoms with Crippen molar-refractivity contribution in [2.45, 2.75) is 19.4 Å². The molecule has 1 amide bonds. The zero-order valence-electron chi connectivity index (χ0n) is 10.4. The maximum atomic E-state index is 11.6. The zero-order valence-corrected chi connectivity index (χ0v) is 10.4. The maximum Gasteiger partial charge on any atom is 0.414 e. The molecule has 0 unspecified atom stereocenters. The highest BCUT2D eigenvalue weighted by Gasteiger charge is 2.32. The van der Waals surface area contributed by atoms with Crippen LogP contribution in [0.4, 0.5) is 10.5 Å². The predicted molar refractivity (Wildman–Crippen MR) is 65.7 cm³/mol. The van der Waals surface area contributed by atoms with Gasteiger partial charge in [-0.05, 0) is 30.7 Å². The number of carbonyl (C=O) groups is 2. The monoisotopic (exact) mass is 249 g/mol. The molecular weight excluding hydrogens is 234 g/mol. The summed E-state index contributed by atoms with van der Waals surface area (Å²) in [6.45, 7) is 2.41. The van der Waals surface area contributed by atoms with Crippen molar-refractivity contribution in [3.8, 4) is 0 Å². The first-order valence-electron chi connectivity index (χ1n) is 5.81. The highest BCUT2D eigenvalue weighted by Crippen LogP contribution is 2.25. The van der Waals surface area contributed by atoms with E-state index in [1.807, 2.05) is 6.92 Å². The highest BCUT2D eigenvalue weighted by atomic mass is 16.6. The van der Waals surface area contributed by atoms with Gasteiger partial charge < -0.3 is 9.47 Å². The van der Waals surface area contributed by atoms with Crippen LogP contribution in [0.25, 0.3) is 0 Å². The first-order chi connectivity index (χ1) is 8.67. The smallest absolute Gasteiger partial charge is 0.414 e. The van der Waals surface area contributed by atoms with Gasteiger partial charge in [0.05, 0.1) is 18.7 Å². The number of benzene rings is 1. The lowest BCUT2D eigenvalue weighted by Gasteiger charge is -2.20. The summed E-state index contributed by atoms with van der Waals surface area (Å²) in [7, 11) is 1.33. The maximum absolute atomic E-state index is 11.6. The Morgan fingerprint density at radius 3 is 2.67 bits per heavy atom. The van der Waals surface area contributed by atoms with Gasteiger partial charge in [0.25, 0.3) is 0 Å². The van der Waals surface area contributed by atoms with Gasteiger partial charge in [-0.3, -0.25) is 4.90 Å². The van der Waals surface area contributed by atoms with Crippen molar-refractivity contribution in [3.63, 3.8) is 0 Å². The molecule has 1 saturated heterocycles. The molecule has 0 N–H and O–H groups in total. The molecule has 1 aromatic carbocycles. The number of carbonyl (C=O) groups excluding carboxylic acids is 2. The number of methoxy groups -OCH3 is 1. The number of hydrogen-bond acceptors (Lipinski definition) is 4. The van der Waals surface area contributed by atoms with Crippen molar-refractivity contribution in [1.29, 1.82) is 0 Å². The molecule has 5 nitrogen and oxygen atoms in total. The van der Waals surface area contributed by atoms with Gasteiger partial charge in [-0.15, -0.1) is 0 Å². The number of esters is 1. The first kappa shape index (κ1) is 12.4. The molecule has 96 valence electrons. The van der Waals surface area contributed by atoms with Crippen molar-refractivity contribution >= 4 is 17.7 Å². The third kappa shape index (κ3) is 2.16. The Morgan fingerprint density at radius 2 is 2.11 bits per heavy atom. The molecule has 0 aliphatic carbocycles. The van der Waals surface area contributed by atoms with Crippen molar-refractivity contribution in [2.75, 3.05) is 18.6 Å². The van der Waals surface area contributed by atoms with Crippen LogP contribution in [0.1, 0.15) is 23.7 Å². The average Bonchev–Trinajstić information content (AvgIpc) is 2.79. The van der Waals surface area contributed by atoms with E-state index in [1.165, 1.54) is 7.11 Å². The highest BCUT2D eigenvalue weighted by molar-refractivity contribution is 5.93. The normalized spacial score (nSPS) is 18.7. The van der Waals surface area contributed by atoms with Crippen LogP contribution in [0.15, 0.2) is 24.3 Å². The predicted octanol–water partition coefficient (Wildman–Crippen LogP) is 2.21. The molecule has 2 rings (SSSR count). The number of ether oxygens (including phenoxy) is 2.